The van der Waals surface area contributed by atoms with E-state index < -0.39 is 24.3 Å². The lowest BCUT2D eigenvalue weighted by Crippen LogP contribution is -2.26. The first-order valence-corrected chi connectivity index (χ1v) is 7.69. The van der Waals surface area contributed by atoms with E-state index in [1.165, 1.54) is 6.92 Å². The summed E-state index contributed by atoms with van der Waals surface area (Å²) in [6.45, 7) is 6.64. The van der Waals surface area contributed by atoms with Crippen LogP contribution in [0.15, 0.2) is 24.3 Å². The van der Waals surface area contributed by atoms with Crippen molar-refractivity contribution in [3.8, 4) is 0 Å². The van der Waals surface area contributed by atoms with E-state index in [9.17, 15) is 14.4 Å². The average Bonchev–Trinajstić information content (AvgIpc) is 2.46. The highest BCUT2D eigenvalue weighted by atomic mass is 16.7. The van der Waals surface area contributed by atoms with E-state index in [0.29, 0.717) is 5.69 Å². The topological polar surface area (TPSA) is 102 Å². The van der Waals surface area contributed by atoms with Gasteiger partial charge in [-0.05, 0) is 23.6 Å². The van der Waals surface area contributed by atoms with Crippen LogP contribution in [0.1, 0.15) is 45.6 Å². The number of nitrogens with one attached hydrogen (secondary N) is 1. The van der Waals surface area contributed by atoms with Crippen molar-refractivity contribution in [1.82, 2.24) is 0 Å². The average molecular weight is 337 g/mol. The molecule has 1 aromatic rings. The Hall–Kier alpha value is -2.57. The molecule has 0 aliphatic rings. The predicted octanol–water partition coefficient (Wildman–Crippen LogP) is 3.36. The number of ether oxygens (including phenoxy) is 2. The van der Waals surface area contributed by atoms with Crippen LogP contribution in [0.3, 0.4) is 0 Å². The normalized spacial score (nSPS) is 13.0. The first kappa shape index (κ1) is 19.5. The molecular weight excluding hydrogens is 314 g/mol. The van der Waals surface area contributed by atoms with Crippen molar-refractivity contribution in [2.24, 2.45) is 5.92 Å². The second-order valence-electron chi connectivity index (χ2n) is 5.81. The van der Waals surface area contributed by atoms with Gasteiger partial charge in [0.1, 0.15) is 0 Å². The van der Waals surface area contributed by atoms with Crippen molar-refractivity contribution in [1.29, 1.82) is 0 Å². The molecule has 2 N–H and O–H groups in total. The third kappa shape index (κ3) is 6.68. The zero-order chi connectivity index (χ0) is 18.3. The molecule has 7 heteroatoms. The van der Waals surface area contributed by atoms with Crippen LogP contribution in [-0.4, -0.2) is 29.4 Å². The molecule has 0 saturated carbocycles. The highest BCUT2D eigenvalue weighted by Crippen LogP contribution is 2.21. The lowest BCUT2D eigenvalue weighted by molar-refractivity contribution is -0.168. The number of hydrogen-bond acceptors (Lipinski definition) is 5. The molecule has 0 radical (unpaired) electrons. The lowest BCUT2D eigenvalue weighted by Gasteiger charge is -2.16. The van der Waals surface area contributed by atoms with E-state index in [1.54, 1.807) is 38.1 Å². The van der Waals surface area contributed by atoms with Crippen LogP contribution in [0.25, 0.3) is 0 Å². The van der Waals surface area contributed by atoms with Crippen molar-refractivity contribution < 1.29 is 29.0 Å². The van der Waals surface area contributed by atoms with Crippen LogP contribution < -0.4 is 5.32 Å². The molecule has 7 nitrogen and oxygen atoms in total. The molecule has 1 amide bonds. The zero-order valence-corrected chi connectivity index (χ0v) is 14.2. The first-order valence-electron chi connectivity index (χ1n) is 7.69. The van der Waals surface area contributed by atoms with Gasteiger partial charge in [0.25, 0.3) is 0 Å². The Labute approximate surface area is 141 Å². The molecule has 2 atom stereocenters. The minimum atomic E-state index is -0.991. The Bertz CT molecular complexity index is 581. The largest absolute Gasteiger partial charge is 0.481 e. The number of anilines is 1. The maximum atomic E-state index is 11.7. The van der Waals surface area contributed by atoms with E-state index in [4.69, 9.17) is 14.6 Å². The van der Waals surface area contributed by atoms with E-state index in [0.717, 1.165) is 5.56 Å². The molecular formula is C17H23NO6. The SMILES string of the molecule is CC(C)C(=O)O[C@H](C)OC(=O)Nc1ccc([C@H](C)CC(=O)O)cc1. The number of rotatable bonds is 7. The van der Waals surface area contributed by atoms with Crippen molar-refractivity contribution in [3.05, 3.63) is 29.8 Å². The highest BCUT2D eigenvalue weighted by Gasteiger charge is 2.16. The van der Waals surface area contributed by atoms with Crippen molar-refractivity contribution in [2.45, 2.75) is 46.3 Å². The molecule has 132 valence electrons. The summed E-state index contributed by atoms with van der Waals surface area (Å²) in [5.41, 5.74) is 1.35. The maximum Gasteiger partial charge on any atom is 0.414 e. The number of carboxylic acids is 1. The van der Waals surface area contributed by atoms with Crippen molar-refractivity contribution in [3.63, 3.8) is 0 Å². The standard InChI is InChI=1S/C17H23NO6/c1-10(2)16(21)23-12(4)24-17(22)18-14-7-5-13(6-8-14)11(3)9-15(19)20/h5-8,10-12H,9H2,1-4H3,(H,18,22)(H,19,20)/t11-,12+/m1/s1. The third-order valence-electron chi connectivity index (χ3n) is 3.23. The van der Waals surface area contributed by atoms with E-state index in [1.807, 2.05) is 6.92 Å². The number of carbonyl (C=O) groups excluding carboxylic acids is 2. The van der Waals surface area contributed by atoms with Crippen LogP contribution in [-0.2, 0) is 19.1 Å². The highest BCUT2D eigenvalue weighted by molar-refractivity contribution is 5.84. The summed E-state index contributed by atoms with van der Waals surface area (Å²) in [6, 6.07) is 6.79. The molecule has 0 aliphatic heterocycles. The van der Waals surface area contributed by atoms with Crippen LogP contribution in [0, 0.1) is 5.92 Å². The molecule has 0 heterocycles. The number of hydrogen-bond donors (Lipinski definition) is 2. The molecule has 0 aliphatic carbocycles. The first-order chi connectivity index (χ1) is 11.2. The number of esters is 1. The Kier molecular flexibility index (Phi) is 7.23. The van der Waals surface area contributed by atoms with Gasteiger partial charge in [0.15, 0.2) is 0 Å². The Morgan fingerprint density at radius 1 is 1.04 bits per heavy atom. The van der Waals surface area contributed by atoms with E-state index in [2.05, 4.69) is 5.32 Å². The molecule has 1 aromatic carbocycles. The monoisotopic (exact) mass is 337 g/mol. The second kappa shape index (κ2) is 8.90. The maximum absolute atomic E-state index is 11.7. The summed E-state index contributed by atoms with van der Waals surface area (Å²) in [7, 11) is 0. The van der Waals surface area contributed by atoms with Gasteiger partial charge in [0.05, 0.1) is 12.3 Å². The van der Waals surface area contributed by atoms with Crippen molar-refractivity contribution in [2.75, 3.05) is 5.32 Å². The summed E-state index contributed by atoms with van der Waals surface area (Å²) in [4.78, 5) is 33.8. The Morgan fingerprint density at radius 3 is 2.12 bits per heavy atom. The molecule has 1 rings (SSSR count). The van der Waals surface area contributed by atoms with Crippen molar-refractivity contribution >= 4 is 23.7 Å². The quantitative estimate of drug-likeness (QED) is 0.584. The van der Waals surface area contributed by atoms with Crippen LogP contribution in [0.5, 0.6) is 0 Å². The number of carbonyl (C=O) groups is 3. The molecule has 0 spiro atoms. The van der Waals surface area contributed by atoms with Gasteiger partial charge in [0, 0.05) is 12.6 Å². The summed E-state index contributed by atoms with van der Waals surface area (Å²) in [6.07, 6.45) is -1.70. The van der Waals surface area contributed by atoms with Gasteiger partial charge in [0.2, 0.25) is 6.29 Å². The number of aliphatic carboxylic acids is 1. The van der Waals surface area contributed by atoms with Gasteiger partial charge in [-0.1, -0.05) is 32.9 Å². The molecule has 0 aromatic heterocycles. The van der Waals surface area contributed by atoms with Gasteiger partial charge in [-0.25, -0.2) is 4.79 Å². The summed E-state index contributed by atoms with van der Waals surface area (Å²) in [5.74, 6) is -1.75. The molecule has 0 unspecified atom stereocenters. The van der Waals surface area contributed by atoms with Crippen LogP contribution in [0.2, 0.25) is 0 Å². The minimum Gasteiger partial charge on any atom is -0.481 e. The summed E-state index contributed by atoms with van der Waals surface area (Å²) < 4.78 is 9.86. The smallest absolute Gasteiger partial charge is 0.414 e. The predicted molar refractivity (Wildman–Crippen MR) is 87.6 cm³/mol. The molecule has 24 heavy (non-hydrogen) atoms. The van der Waals surface area contributed by atoms with Gasteiger partial charge in [-0.2, -0.15) is 0 Å². The van der Waals surface area contributed by atoms with Crippen LogP contribution >= 0.6 is 0 Å². The van der Waals surface area contributed by atoms with Gasteiger partial charge in [-0.3, -0.25) is 14.9 Å². The fourth-order valence-corrected chi connectivity index (χ4v) is 1.90. The van der Waals surface area contributed by atoms with Gasteiger partial charge >= 0.3 is 18.0 Å². The van der Waals surface area contributed by atoms with Crippen LogP contribution in [0.4, 0.5) is 10.5 Å². The van der Waals surface area contributed by atoms with Gasteiger partial charge in [-0.15, -0.1) is 0 Å². The molecule has 0 bridgehead atoms. The fraction of sp³-hybridized carbons (Fsp3) is 0.471. The van der Waals surface area contributed by atoms with Gasteiger partial charge < -0.3 is 14.6 Å². The number of carboxylic acid groups (broad SMARTS) is 1. The summed E-state index contributed by atoms with van der Waals surface area (Å²) in [5, 5.41) is 11.3. The van der Waals surface area contributed by atoms with E-state index >= 15 is 0 Å². The van der Waals surface area contributed by atoms with E-state index in [-0.39, 0.29) is 18.3 Å². The Balaban J connectivity index is 2.52. The molecule has 0 saturated heterocycles. The minimum absolute atomic E-state index is 0.0353. The Morgan fingerprint density at radius 2 is 1.62 bits per heavy atom. The second-order valence-corrected chi connectivity index (χ2v) is 5.81. The fourth-order valence-electron chi connectivity index (χ4n) is 1.90. The number of amides is 1. The lowest BCUT2D eigenvalue weighted by atomic mass is 9.98. The zero-order valence-electron chi connectivity index (χ0n) is 14.2. The molecule has 0 fully saturated rings. The number of benzene rings is 1. The summed E-state index contributed by atoms with van der Waals surface area (Å²) >= 11 is 0. The third-order valence-corrected chi connectivity index (χ3v) is 3.23.